The first-order valence-corrected chi connectivity index (χ1v) is 16.0. The molecule has 0 aliphatic carbocycles. The number of aromatic hydroxyl groups is 1. The summed E-state index contributed by atoms with van der Waals surface area (Å²) in [4.78, 5) is 18.2. The van der Waals surface area contributed by atoms with E-state index in [0.29, 0.717) is 5.75 Å². The van der Waals surface area contributed by atoms with Crippen molar-refractivity contribution < 1.29 is 23.1 Å². The topological polar surface area (TPSA) is 111 Å². The van der Waals surface area contributed by atoms with Crippen LogP contribution in [0.15, 0.2) is 151 Å². The lowest BCUT2D eigenvalue weighted by molar-refractivity contribution is 0.102. The minimum absolute atomic E-state index is 0.127. The SMILES string of the molecule is CS(=O)(=O)c1ccc(Oc2cc(O)cc(NC(=O)c3cn(C(c4ccccc4)(c4ccccc4)c4ccccc4)cn3)c2)cc1. The number of imidazole rings is 1. The van der Waals surface area contributed by atoms with Crippen LogP contribution in [0.4, 0.5) is 5.69 Å². The van der Waals surface area contributed by atoms with Gasteiger partial charge in [-0.2, -0.15) is 0 Å². The van der Waals surface area contributed by atoms with Crippen molar-refractivity contribution in [3.63, 3.8) is 0 Å². The van der Waals surface area contributed by atoms with E-state index < -0.39 is 21.3 Å². The van der Waals surface area contributed by atoms with Gasteiger partial charge in [0.15, 0.2) is 9.84 Å². The summed E-state index contributed by atoms with van der Waals surface area (Å²) in [6, 6.07) is 40.4. The van der Waals surface area contributed by atoms with Crippen molar-refractivity contribution in [1.82, 2.24) is 9.55 Å². The molecule has 1 heterocycles. The summed E-state index contributed by atoms with van der Waals surface area (Å²) >= 11 is 0. The first-order chi connectivity index (χ1) is 21.7. The Morgan fingerprint density at radius 3 is 1.80 bits per heavy atom. The highest BCUT2D eigenvalue weighted by Crippen LogP contribution is 2.41. The van der Waals surface area contributed by atoms with Crippen molar-refractivity contribution in [3.8, 4) is 17.2 Å². The number of carbonyl (C=O) groups is 1. The molecule has 0 saturated carbocycles. The fourth-order valence-corrected chi connectivity index (χ4v) is 6.04. The molecule has 0 spiro atoms. The molecular formula is C36H29N3O5S. The summed E-state index contributed by atoms with van der Waals surface area (Å²) in [5.74, 6) is 0.00510. The molecule has 0 unspecified atom stereocenters. The van der Waals surface area contributed by atoms with Gasteiger partial charge < -0.3 is 19.7 Å². The number of hydrogen-bond acceptors (Lipinski definition) is 6. The quantitative estimate of drug-likeness (QED) is 0.172. The standard InChI is InChI=1S/C36H29N3O5S/c1-45(42,43)33-19-17-31(18-20-33)44-32-22-29(21-30(40)23-32)38-35(41)34-24-39(25-37-34)36(26-11-5-2-6-12-26,27-13-7-3-8-14-27)28-15-9-4-10-16-28/h2-25,40H,1H3,(H,38,41). The molecule has 1 aromatic heterocycles. The number of aromatic nitrogens is 2. The lowest BCUT2D eigenvalue weighted by atomic mass is 9.77. The molecule has 0 saturated heterocycles. The van der Waals surface area contributed by atoms with Gasteiger partial charge in [-0.05, 0) is 41.0 Å². The van der Waals surface area contributed by atoms with Crippen LogP contribution in [-0.4, -0.2) is 35.2 Å². The second-order valence-electron chi connectivity index (χ2n) is 10.5. The first kappa shape index (κ1) is 29.4. The molecule has 8 nitrogen and oxygen atoms in total. The molecule has 0 bridgehead atoms. The summed E-state index contributed by atoms with van der Waals surface area (Å²) < 4.78 is 31.3. The number of sulfone groups is 1. The van der Waals surface area contributed by atoms with Crippen LogP contribution < -0.4 is 10.1 Å². The maximum Gasteiger partial charge on any atom is 0.275 e. The number of benzene rings is 5. The zero-order valence-electron chi connectivity index (χ0n) is 24.2. The monoisotopic (exact) mass is 615 g/mol. The van der Waals surface area contributed by atoms with E-state index in [1.807, 2.05) is 59.2 Å². The van der Waals surface area contributed by atoms with Gasteiger partial charge in [0.25, 0.3) is 5.91 Å². The molecule has 9 heteroatoms. The van der Waals surface area contributed by atoms with E-state index in [0.717, 1.165) is 22.9 Å². The molecule has 2 N–H and O–H groups in total. The molecule has 6 aromatic rings. The van der Waals surface area contributed by atoms with Crippen LogP contribution in [0.2, 0.25) is 0 Å². The predicted molar refractivity (Wildman–Crippen MR) is 173 cm³/mol. The van der Waals surface area contributed by atoms with Gasteiger partial charge in [-0.15, -0.1) is 0 Å². The van der Waals surface area contributed by atoms with Crippen LogP contribution in [0.25, 0.3) is 0 Å². The summed E-state index contributed by atoms with van der Waals surface area (Å²) in [6.45, 7) is 0. The largest absolute Gasteiger partial charge is 0.508 e. The van der Waals surface area contributed by atoms with Gasteiger partial charge in [-0.1, -0.05) is 91.0 Å². The Morgan fingerprint density at radius 1 is 0.756 bits per heavy atom. The molecule has 0 atom stereocenters. The summed E-state index contributed by atoms with van der Waals surface area (Å²) in [5.41, 5.74) is 2.61. The lowest BCUT2D eigenvalue weighted by Gasteiger charge is -2.37. The van der Waals surface area contributed by atoms with Crippen LogP contribution in [0, 0.1) is 0 Å². The number of ether oxygens (including phenoxy) is 1. The minimum Gasteiger partial charge on any atom is -0.508 e. The number of rotatable bonds is 9. The second-order valence-corrected chi connectivity index (χ2v) is 12.5. The molecule has 45 heavy (non-hydrogen) atoms. The smallest absolute Gasteiger partial charge is 0.275 e. The van der Waals surface area contributed by atoms with E-state index in [9.17, 15) is 18.3 Å². The predicted octanol–water partition coefficient (Wildman–Crippen LogP) is 6.88. The summed E-state index contributed by atoms with van der Waals surface area (Å²) in [5, 5.41) is 13.2. The Kier molecular flexibility index (Phi) is 7.93. The normalized spacial score (nSPS) is 11.6. The Bertz CT molecular complexity index is 1950. The Hall–Kier alpha value is -5.67. The average molecular weight is 616 g/mol. The molecule has 0 radical (unpaired) electrons. The van der Waals surface area contributed by atoms with E-state index in [1.54, 1.807) is 18.6 Å². The molecule has 6 rings (SSSR count). The van der Waals surface area contributed by atoms with Crippen molar-refractivity contribution in [3.05, 3.63) is 168 Å². The van der Waals surface area contributed by atoms with Crippen LogP contribution in [-0.2, 0) is 15.4 Å². The molecule has 1 amide bonds. The van der Waals surface area contributed by atoms with E-state index in [1.165, 1.54) is 36.4 Å². The highest BCUT2D eigenvalue weighted by atomic mass is 32.2. The van der Waals surface area contributed by atoms with E-state index >= 15 is 0 Å². The number of phenolic OH excluding ortho intramolecular Hbond substituents is 1. The van der Waals surface area contributed by atoms with E-state index in [2.05, 4.69) is 46.7 Å². The van der Waals surface area contributed by atoms with Gasteiger partial charge in [0, 0.05) is 36.3 Å². The van der Waals surface area contributed by atoms with Crippen molar-refractivity contribution in [2.45, 2.75) is 10.4 Å². The minimum atomic E-state index is -3.35. The number of hydrogen-bond donors (Lipinski definition) is 2. The highest BCUT2D eigenvalue weighted by Gasteiger charge is 2.38. The molecule has 224 valence electrons. The fraction of sp³-hybridized carbons (Fsp3) is 0.0556. The van der Waals surface area contributed by atoms with E-state index in [-0.39, 0.29) is 27.8 Å². The van der Waals surface area contributed by atoms with Gasteiger partial charge >= 0.3 is 0 Å². The van der Waals surface area contributed by atoms with Gasteiger partial charge in [-0.25, -0.2) is 13.4 Å². The first-order valence-electron chi connectivity index (χ1n) is 14.1. The Morgan fingerprint density at radius 2 is 1.29 bits per heavy atom. The van der Waals surface area contributed by atoms with Gasteiger partial charge in [0.2, 0.25) is 0 Å². The average Bonchev–Trinajstić information content (AvgIpc) is 3.54. The number of carbonyl (C=O) groups excluding carboxylic acids is 1. The van der Waals surface area contributed by atoms with Gasteiger partial charge in [-0.3, -0.25) is 4.79 Å². The Balaban J connectivity index is 1.33. The third kappa shape index (κ3) is 6.07. The molecular weight excluding hydrogens is 586 g/mol. The number of phenols is 1. The molecule has 0 fully saturated rings. The van der Waals surface area contributed by atoms with Crippen LogP contribution in [0.1, 0.15) is 27.2 Å². The van der Waals surface area contributed by atoms with Gasteiger partial charge in [0.1, 0.15) is 28.5 Å². The van der Waals surface area contributed by atoms with Gasteiger partial charge in [0.05, 0.1) is 11.2 Å². The van der Waals surface area contributed by atoms with Crippen LogP contribution in [0.5, 0.6) is 17.2 Å². The lowest BCUT2D eigenvalue weighted by Crippen LogP contribution is -2.37. The third-order valence-electron chi connectivity index (χ3n) is 7.41. The van der Waals surface area contributed by atoms with Crippen molar-refractivity contribution in [2.75, 3.05) is 11.6 Å². The number of amides is 1. The molecule has 0 aliphatic heterocycles. The summed E-state index contributed by atoms with van der Waals surface area (Å²) in [7, 11) is -3.35. The van der Waals surface area contributed by atoms with Crippen LogP contribution in [0.3, 0.4) is 0 Å². The molecule has 5 aromatic carbocycles. The number of nitrogens with one attached hydrogen (secondary N) is 1. The van der Waals surface area contributed by atoms with Crippen molar-refractivity contribution >= 4 is 21.4 Å². The van der Waals surface area contributed by atoms with E-state index in [4.69, 9.17) is 4.74 Å². The molecule has 0 aliphatic rings. The maximum atomic E-state index is 13.5. The van der Waals surface area contributed by atoms with Crippen molar-refractivity contribution in [1.29, 1.82) is 0 Å². The zero-order chi connectivity index (χ0) is 31.4. The second kappa shape index (κ2) is 12.1. The number of anilines is 1. The maximum absolute atomic E-state index is 13.5. The zero-order valence-corrected chi connectivity index (χ0v) is 25.1. The van der Waals surface area contributed by atoms with Crippen molar-refractivity contribution in [2.24, 2.45) is 0 Å². The van der Waals surface area contributed by atoms with Crippen LogP contribution >= 0.6 is 0 Å². The number of nitrogens with zero attached hydrogens (tertiary/aromatic N) is 2. The fourth-order valence-electron chi connectivity index (χ4n) is 5.41. The Labute approximate surface area is 261 Å². The summed E-state index contributed by atoms with van der Waals surface area (Å²) in [6.07, 6.45) is 4.49. The third-order valence-corrected chi connectivity index (χ3v) is 8.54. The highest BCUT2D eigenvalue weighted by molar-refractivity contribution is 7.90.